The maximum Gasteiger partial charge on any atom is 0.344 e. The normalized spacial score (nSPS) is 12.6. The first-order valence-corrected chi connectivity index (χ1v) is 4.33. The van der Waals surface area contributed by atoms with E-state index in [4.69, 9.17) is 9.84 Å². The van der Waals surface area contributed by atoms with Gasteiger partial charge in [-0.15, -0.1) is 0 Å². The highest BCUT2D eigenvalue weighted by Gasteiger charge is 2.18. The summed E-state index contributed by atoms with van der Waals surface area (Å²) in [5.41, 5.74) is 1.54. The molecule has 78 valence electrons. The predicted molar refractivity (Wildman–Crippen MR) is 50.4 cm³/mol. The first-order chi connectivity index (χ1) is 6.43. The van der Waals surface area contributed by atoms with E-state index in [0.717, 1.165) is 5.69 Å². The molecule has 0 saturated carbocycles. The Morgan fingerprint density at radius 3 is 2.50 bits per heavy atom. The van der Waals surface area contributed by atoms with Crippen molar-refractivity contribution in [2.24, 2.45) is 7.05 Å². The molecule has 0 radical (unpaired) electrons. The number of hydrogen-bond donors (Lipinski definition) is 1. The Hall–Kier alpha value is -1.52. The predicted octanol–water partition coefficient (Wildman–Crippen LogP) is 0.889. The molecule has 5 heteroatoms. The van der Waals surface area contributed by atoms with E-state index < -0.39 is 12.1 Å². The number of rotatable bonds is 3. The lowest BCUT2D eigenvalue weighted by atomic mass is 10.3. The van der Waals surface area contributed by atoms with Crippen molar-refractivity contribution < 1.29 is 14.6 Å². The maximum atomic E-state index is 10.6. The van der Waals surface area contributed by atoms with Crippen LogP contribution in [-0.4, -0.2) is 27.0 Å². The Morgan fingerprint density at radius 1 is 1.57 bits per heavy atom. The third kappa shape index (κ3) is 1.86. The highest BCUT2D eigenvalue weighted by Crippen LogP contribution is 2.22. The molecular weight excluding hydrogens is 184 g/mol. The number of aryl methyl sites for hydroxylation is 2. The Kier molecular flexibility index (Phi) is 2.78. The standard InChI is InChI=1S/C9H14N2O3/c1-5-8(6(2)11(4)10-5)14-7(3)9(12)13/h7H,1-4H3,(H,12,13)/t7-/m1/s1. The fraction of sp³-hybridized carbons (Fsp3) is 0.556. The summed E-state index contributed by atoms with van der Waals surface area (Å²) in [5, 5.41) is 12.8. The second-order valence-electron chi connectivity index (χ2n) is 3.22. The van der Waals surface area contributed by atoms with Crippen LogP contribution in [0.25, 0.3) is 0 Å². The molecule has 1 N–H and O–H groups in total. The van der Waals surface area contributed by atoms with E-state index in [9.17, 15) is 4.79 Å². The second-order valence-corrected chi connectivity index (χ2v) is 3.22. The Bertz CT molecular complexity index is 357. The molecule has 0 bridgehead atoms. The van der Waals surface area contributed by atoms with Crippen molar-refractivity contribution in [1.82, 2.24) is 9.78 Å². The van der Waals surface area contributed by atoms with Crippen molar-refractivity contribution in [3.63, 3.8) is 0 Å². The molecule has 1 atom stereocenters. The minimum atomic E-state index is -0.979. The molecule has 0 saturated heterocycles. The highest BCUT2D eigenvalue weighted by molar-refractivity contribution is 5.72. The monoisotopic (exact) mass is 198 g/mol. The highest BCUT2D eigenvalue weighted by atomic mass is 16.5. The smallest absolute Gasteiger partial charge is 0.344 e. The van der Waals surface area contributed by atoms with Crippen molar-refractivity contribution in [3.8, 4) is 5.75 Å². The second kappa shape index (κ2) is 3.69. The zero-order chi connectivity index (χ0) is 10.9. The number of aliphatic carboxylic acids is 1. The largest absolute Gasteiger partial charge is 0.479 e. The van der Waals surface area contributed by atoms with E-state index in [-0.39, 0.29) is 0 Å². The lowest BCUT2D eigenvalue weighted by Crippen LogP contribution is -2.23. The van der Waals surface area contributed by atoms with Crippen LogP contribution in [0.3, 0.4) is 0 Å². The average molecular weight is 198 g/mol. The van der Waals surface area contributed by atoms with Crippen molar-refractivity contribution in [2.45, 2.75) is 26.9 Å². The van der Waals surface area contributed by atoms with Crippen LogP contribution in [0.4, 0.5) is 0 Å². The first-order valence-electron chi connectivity index (χ1n) is 4.33. The average Bonchev–Trinajstić information content (AvgIpc) is 2.32. The summed E-state index contributed by atoms with van der Waals surface area (Å²) in [6.45, 7) is 5.12. The molecule has 1 heterocycles. The van der Waals surface area contributed by atoms with E-state index in [1.807, 2.05) is 6.92 Å². The van der Waals surface area contributed by atoms with Gasteiger partial charge in [0.15, 0.2) is 11.9 Å². The van der Waals surface area contributed by atoms with E-state index >= 15 is 0 Å². The molecule has 0 amide bonds. The van der Waals surface area contributed by atoms with Gasteiger partial charge in [0.05, 0.1) is 5.69 Å². The van der Waals surface area contributed by atoms with Crippen LogP contribution >= 0.6 is 0 Å². The quantitative estimate of drug-likeness (QED) is 0.783. The molecule has 0 unspecified atom stereocenters. The van der Waals surface area contributed by atoms with E-state index in [1.54, 1.807) is 18.7 Å². The van der Waals surface area contributed by atoms with Gasteiger partial charge in [-0.2, -0.15) is 5.10 Å². The molecule has 0 aromatic carbocycles. The summed E-state index contributed by atoms with van der Waals surface area (Å²) < 4.78 is 6.94. The maximum absolute atomic E-state index is 10.6. The molecule has 14 heavy (non-hydrogen) atoms. The molecule has 5 nitrogen and oxygen atoms in total. The Labute approximate surface area is 82.3 Å². The number of aromatic nitrogens is 2. The minimum Gasteiger partial charge on any atom is -0.479 e. The lowest BCUT2D eigenvalue weighted by Gasteiger charge is -2.10. The molecule has 1 rings (SSSR count). The van der Waals surface area contributed by atoms with Gasteiger partial charge < -0.3 is 9.84 Å². The van der Waals surface area contributed by atoms with Gasteiger partial charge in [0, 0.05) is 7.05 Å². The molecule has 0 fully saturated rings. The fourth-order valence-electron chi connectivity index (χ4n) is 1.15. The minimum absolute atomic E-state index is 0.558. The molecule has 0 aliphatic carbocycles. The van der Waals surface area contributed by atoms with E-state index in [2.05, 4.69) is 5.10 Å². The molecule has 0 aliphatic rings. The van der Waals surface area contributed by atoms with Crippen LogP contribution in [0.15, 0.2) is 0 Å². The third-order valence-corrected chi connectivity index (χ3v) is 2.09. The zero-order valence-corrected chi connectivity index (χ0v) is 8.74. The summed E-state index contributed by atoms with van der Waals surface area (Å²) in [5.74, 6) is -0.421. The number of nitrogens with zero attached hydrogens (tertiary/aromatic N) is 2. The van der Waals surface area contributed by atoms with Gasteiger partial charge in [-0.25, -0.2) is 4.79 Å². The molecule has 1 aromatic heterocycles. The number of carboxylic acid groups (broad SMARTS) is 1. The summed E-state index contributed by atoms with van der Waals surface area (Å²) in [6, 6.07) is 0. The van der Waals surface area contributed by atoms with Crippen molar-refractivity contribution >= 4 is 5.97 Å². The molecule has 0 spiro atoms. The van der Waals surface area contributed by atoms with Gasteiger partial charge in [-0.1, -0.05) is 0 Å². The van der Waals surface area contributed by atoms with Crippen molar-refractivity contribution in [1.29, 1.82) is 0 Å². The summed E-state index contributed by atoms with van der Waals surface area (Å²) in [4.78, 5) is 10.6. The summed E-state index contributed by atoms with van der Waals surface area (Å²) in [6.07, 6.45) is -0.850. The summed E-state index contributed by atoms with van der Waals surface area (Å²) >= 11 is 0. The van der Waals surface area contributed by atoms with Gasteiger partial charge in [0.2, 0.25) is 0 Å². The summed E-state index contributed by atoms with van der Waals surface area (Å²) in [7, 11) is 1.79. The van der Waals surface area contributed by atoms with E-state index in [0.29, 0.717) is 11.4 Å². The van der Waals surface area contributed by atoms with Gasteiger partial charge in [-0.3, -0.25) is 4.68 Å². The van der Waals surface area contributed by atoms with Gasteiger partial charge in [-0.05, 0) is 20.8 Å². The van der Waals surface area contributed by atoms with E-state index in [1.165, 1.54) is 6.92 Å². The van der Waals surface area contributed by atoms with Crippen molar-refractivity contribution in [3.05, 3.63) is 11.4 Å². The van der Waals surface area contributed by atoms with Crippen LogP contribution in [-0.2, 0) is 11.8 Å². The molecule has 0 aliphatic heterocycles. The lowest BCUT2D eigenvalue weighted by molar-refractivity contribution is -0.144. The number of carboxylic acids is 1. The van der Waals surface area contributed by atoms with Crippen LogP contribution in [0.2, 0.25) is 0 Å². The fourth-order valence-corrected chi connectivity index (χ4v) is 1.15. The Morgan fingerprint density at radius 2 is 2.14 bits per heavy atom. The van der Waals surface area contributed by atoms with Crippen LogP contribution in [0.1, 0.15) is 18.3 Å². The van der Waals surface area contributed by atoms with Crippen LogP contribution in [0, 0.1) is 13.8 Å². The first kappa shape index (κ1) is 10.6. The van der Waals surface area contributed by atoms with Crippen LogP contribution in [0.5, 0.6) is 5.75 Å². The molecule has 1 aromatic rings. The van der Waals surface area contributed by atoms with Crippen molar-refractivity contribution in [2.75, 3.05) is 0 Å². The SMILES string of the molecule is Cc1nn(C)c(C)c1O[C@H](C)C(=O)O. The number of ether oxygens (including phenoxy) is 1. The third-order valence-electron chi connectivity index (χ3n) is 2.09. The molecular formula is C9H14N2O3. The Balaban J connectivity index is 2.91. The topological polar surface area (TPSA) is 64.4 Å². The number of hydrogen-bond acceptors (Lipinski definition) is 3. The van der Waals surface area contributed by atoms with Gasteiger partial charge in [0.25, 0.3) is 0 Å². The number of carbonyl (C=O) groups is 1. The van der Waals surface area contributed by atoms with Gasteiger partial charge >= 0.3 is 5.97 Å². The zero-order valence-electron chi connectivity index (χ0n) is 8.74. The van der Waals surface area contributed by atoms with Gasteiger partial charge in [0.1, 0.15) is 5.69 Å². The van der Waals surface area contributed by atoms with Crippen LogP contribution < -0.4 is 4.74 Å².